The van der Waals surface area contributed by atoms with Crippen LogP contribution in [0.1, 0.15) is 40.4 Å². The largest absolute Gasteiger partial charge is 0.394 e. The Balaban J connectivity index is 1.29. The minimum Gasteiger partial charge on any atom is -0.394 e. The highest BCUT2D eigenvalue weighted by Gasteiger charge is 2.48. The third-order valence-corrected chi connectivity index (χ3v) is 7.58. The van der Waals surface area contributed by atoms with Crippen LogP contribution in [0.5, 0.6) is 0 Å². The smallest absolute Gasteiger partial charge is 0.261 e. The normalized spacial score (nSPS) is 20.7. The van der Waals surface area contributed by atoms with Gasteiger partial charge in [-0.15, -0.1) is 0 Å². The summed E-state index contributed by atoms with van der Waals surface area (Å²) in [6.45, 7) is 2.01. The van der Waals surface area contributed by atoms with Crippen molar-refractivity contribution in [2.45, 2.75) is 38.0 Å². The summed E-state index contributed by atoms with van der Waals surface area (Å²) in [5.41, 5.74) is 2.09. The number of carbonyl (C=O) groups is 3. The first-order chi connectivity index (χ1) is 18.8. The lowest BCUT2D eigenvalue weighted by atomic mass is 9.82. The summed E-state index contributed by atoms with van der Waals surface area (Å²) < 4.78 is 0. The average molecular weight is 526 g/mol. The number of nitrogens with one attached hydrogen (secondary N) is 2. The Kier molecular flexibility index (Phi) is 7.32. The summed E-state index contributed by atoms with van der Waals surface area (Å²) in [6.07, 6.45) is 3.99. The third kappa shape index (κ3) is 5.08. The zero-order chi connectivity index (χ0) is 27.6. The van der Waals surface area contributed by atoms with Gasteiger partial charge < -0.3 is 25.7 Å². The van der Waals surface area contributed by atoms with Crippen molar-refractivity contribution in [2.75, 3.05) is 17.2 Å². The van der Waals surface area contributed by atoms with E-state index < -0.39 is 17.4 Å². The standard InChI is InChI=1S/C31H31N3O5/c1-20(8-7-13-28(36)34-18-23-12-6-5-11-22(23)16-25(34)19-35)31(39)26-17-24(14-15-27(26)33-30(31)38)32-29(37)21-9-3-2-4-10-21/h2-12,14-15,17,20,25,35,39H,13,16,18-19H2,1H3,(H,32,37)(H,33,38)/b8-7+/t20-,25-,31+/m0/s1. The average Bonchev–Trinajstić information content (AvgIpc) is 3.22. The number of hydrogen-bond donors (Lipinski definition) is 4. The van der Waals surface area contributed by atoms with Crippen molar-refractivity contribution in [3.8, 4) is 0 Å². The van der Waals surface area contributed by atoms with Crippen molar-refractivity contribution in [3.63, 3.8) is 0 Å². The molecule has 0 spiro atoms. The van der Waals surface area contributed by atoms with Crippen LogP contribution < -0.4 is 10.6 Å². The molecule has 3 atom stereocenters. The molecule has 2 aliphatic heterocycles. The number of aliphatic hydroxyl groups is 2. The van der Waals surface area contributed by atoms with Gasteiger partial charge in [-0.3, -0.25) is 14.4 Å². The van der Waals surface area contributed by atoms with Crippen LogP contribution in [0, 0.1) is 5.92 Å². The predicted octanol–water partition coefficient (Wildman–Crippen LogP) is 3.61. The molecule has 0 saturated carbocycles. The molecule has 5 rings (SSSR count). The van der Waals surface area contributed by atoms with Crippen LogP contribution in [0.3, 0.4) is 0 Å². The topological polar surface area (TPSA) is 119 Å². The van der Waals surface area contributed by atoms with E-state index in [9.17, 15) is 24.6 Å². The molecule has 2 aliphatic rings. The maximum atomic E-state index is 13.1. The molecule has 3 aromatic carbocycles. The summed E-state index contributed by atoms with van der Waals surface area (Å²) in [5.74, 6) is -1.67. The highest BCUT2D eigenvalue weighted by Crippen LogP contribution is 2.43. The summed E-state index contributed by atoms with van der Waals surface area (Å²) in [4.78, 5) is 40.3. The van der Waals surface area contributed by atoms with Gasteiger partial charge in [0.1, 0.15) is 0 Å². The summed E-state index contributed by atoms with van der Waals surface area (Å²) in [7, 11) is 0. The Morgan fingerprint density at radius 1 is 1.10 bits per heavy atom. The van der Waals surface area contributed by atoms with Gasteiger partial charge in [-0.1, -0.05) is 61.5 Å². The fourth-order valence-corrected chi connectivity index (χ4v) is 5.30. The molecule has 0 aliphatic carbocycles. The van der Waals surface area contributed by atoms with E-state index in [2.05, 4.69) is 10.6 Å². The van der Waals surface area contributed by atoms with E-state index in [4.69, 9.17) is 0 Å². The van der Waals surface area contributed by atoms with Crippen LogP contribution in [-0.2, 0) is 28.2 Å². The number of nitrogens with zero attached hydrogens (tertiary/aromatic N) is 1. The second-order valence-electron chi connectivity index (χ2n) is 10.1. The van der Waals surface area contributed by atoms with E-state index in [1.165, 1.54) is 0 Å². The van der Waals surface area contributed by atoms with Crippen molar-refractivity contribution < 1.29 is 24.6 Å². The van der Waals surface area contributed by atoms with Crippen molar-refractivity contribution >= 4 is 29.1 Å². The molecule has 2 heterocycles. The first kappa shape index (κ1) is 26.3. The number of rotatable bonds is 7. The van der Waals surface area contributed by atoms with Gasteiger partial charge in [0.05, 0.1) is 12.6 Å². The van der Waals surface area contributed by atoms with Crippen LogP contribution in [0.2, 0.25) is 0 Å². The Bertz CT molecular complexity index is 1440. The molecule has 0 bridgehead atoms. The summed E-state index contributed by atoms with van der Waals surface area (Å²) in [5, 5.41) is 27.0. The molecule has 0 unspecified atom stereocenters. The molecular weight excluding hydrogens is 494 g/mol. The molecule has 200 valence electrons. The van der Waals surface area contributed by atoms with E-state index in [1.807, 2.05) is 30.3 Å². The van der Waals surface area contributed by atoms with Crippen LogP contribution in [0.15, 0.2) is 84.9 Å². The highest BCUT2D eigenvalue weighted by molar-refractivity contribution is 6.07. The van der Waals surface area contributed by atoms with Crippen LogP contribution in [0.4, 0.5) is 11.4 Å². The zero-order valence-electron chi connectivity index (χ0n) is 21.6. The van der Waals surface area contributed by atoms with Gasteiger partial charge in [0, 0.05) is 41.4 Å². The fourth-order valence-electron chi connectivity index (χ4n) is 5.30. The Morgan fingerprint density at radius 3 is 2.56 bits per heavy atom. The minimum atomic E-state index is -1.87. The van der Waals surface area contributed by atoms with E-state index in [0.717, 1.165) is 11.1 Å². The van der Waals surface area contributed by atoms with E-state index in [1.54, 1.807) is 66.4 Å². The van der Waals surface area contributed by atoms with Gasteiger partial charge >= 0.3 is 0 Å². The molecule has 3 amide bonds. The van der Waals surface area contributed by atoms with Gasteiger partial charge in [0.2, 0.25) is 5.91 Å². The molecule has 0 radical (unpaired) electrons. The molecule has 8 heteroatoms. The number of amides is 3. The van der Waals surface area contributed by atoms with Crippen molar-refractivity contribution in [2.24, 2.45) is 5.92 Å². The van der Waals surface area contributed by atoms with Crippen LogP contribution in [0.25, 0.3) is 0 Å². The molecule has 0 saturated heterocycles. The summed E-state index contributed by atoms with van der Waals surface area (Å²) >= 11 is 0. The summed E-state index contributed by atoms with van der Waals surface area (Å²) in [6, 6.07) is 21.3. The molecular formula is C31H31N3O5. The van der Waals surface area contributed by atoms with Gasteiger partial charge in [-0.2, -0.15) is 0 Å². The Hall–Kier alpha value is -4.27. The van der Waals surface area contributed by atoms with Crippen molar-refractivity contribution in [1.29, 1.82) is 0 Å². The molecule has 0 fully saturated rings. The second-order valence-corrected chi connectivity index (χ2v) is 10.1. The van der Waals surface area contributed by atoms with E-state index >= 15 is 0 Å². The minimum absolute atomic E-state index is 0.0702. The fraction of sp³-hybridized carbons (Fsp3) is 0.258. The maximum Gasteiger partial charge on any atom is 0.261 e. The SMILES string of the molecule is C[C@@H](/C=C/CC(=O)N1Cc2ccccc2C[C@H]1CO)[C@]1(O)C(=O)Nc2ccc(NC(=O)c3ccccc3)cc21. The lowest BCUT2D eigenvalue weighted by Crippen LogP contribution is -2.46. The number of fused-ring (bicyclic) bond motifs is 2. The van der Waals surface area contributed by atoms with Crippen LogP contribution in [-0.4, -0.2) is 45.5 Å². The van der Waals surface area contributed by atoms with Gasteiger partial charge in [0.25, 0.3) is 11.8 Å². The number of aliphatic hydroxyl groups excluding tert-OH is 1. The molecule has 0 aromatic heterocycles. The van der Waals surface area contributed by atoms with Crippen molar-refractivity contribution in [1.82, 2.24) is 4.90 Å². The van der Waals surface area contributed by atoms with Gasteiger partial charge in [0.15, 0.2) is 5.60 Å². The highest BCUT2D eigenvalue weighted by atomic mass is 16.3. The Morgan fingerprint density at radius 2 is 1.82 bits per heavy atom. The number of benzene rings is 3. The van der Waals surface area contributed by atoms with E-state index in [0.29, 0.717) is 35.5 Å². The first-order valence-electron chi connectivity index (χ1n) is 13.0. The number of hydrogen-bond acceptors (Lipinski definition) is 5. The first-order valence-corrected chi connectivity index (χ1v) is 13.0. The lowest BCUT2D eigenvalue weighted by molar-refractivity contribution is -0.137. The molecule has 39 heavy (non-hydrogen) atoms. The maximum absolute atomic E-state index is 13.1. The monoisotopic (exact) mass is 525 g/mol. The molecule has 4 N–H and O–H groups in total. The number of anilines is 2. The van der Waals surface area contributed by atoms with Crippen molar-refractivity contribution in [3.05, 3.63) is 107 Å². The molecule has 3 aromatic rings. The van der Waals surface area contributed by atoms with E-state index in [-0.39, 0.29) is 30.9 Å². The van der Waals surface area contributed by atoms with Gasteiger partial charge in [-0.25, -0.2) is 0 Å². The third-order valence-electron chi connectivity index (χ3n) is 7.58. The number of carbonyl (C=O) groups excluding carboxylic acids is 3. The lowest BCUT2D eigenvalue weighted by Gasteiger charge is -2.36. The van der Waals surface area contributed by atoms with Gasteiger partial charge in [-0.05, 0) is 47.9 Å². The second kappa shape index (κ2) is 10.8. The quantitative estimate of drug-likeness (QED) is 0.352. The van der Waals surface area contributed by atoms with Crippen LogP contribution >= 0.6 is 0 Å². The zero-order valence-corrected chi connectivity index (χ0v) is 21.6. The Labute approximate surface area is 227 Å². The predicted molar refractivity (Wildman–Crippen MR) is 148 cm³/mol. The molecule has 8 nitrogen and oxygen atoms in total.